The molecule has 0 aromatic heterocycles. The van der Waals surface area contributed by atoms with Gasteiger partial charge in [-0.1, -0.05) is 114 Å². The summed E-state index contributed by atoms with van der Waals surface area (Å²) in [4.78, 5) is 34.5. The number of cyclic esters (lactones) is 1. The van der Waals surface area contributed by atoms with E-state index in [1.165, 1.54) is 5.57 Å². The van der Waals surface area contributed by atoms with Crippen LogP contribution in [0.3, 0.4) is 0 Å². The third-order valence-corrected chi connectivity index (χ3v) is 9.85. The first-order chi connectivity index (χ1) is 24.5. The van der Waals surface area contributed by atoms with E-state index in [1.54, 1.807) is 0 Å². The number of carbonyl (C=O) groups is 3. The fourth-order valence-corrected chi connectivity index (χ4v) is 6.81. The van der Waals surface area contributed by atoms with Gasteiger partial charge in [0, 0.05) is 18.8 Å². The monoisotopic (exact) mass is 706 g/mol. The van der Waals surface area contributed by atoms with Crippen molar-refractivity contribution in [3.05, 3.63) is 84.6 Å². The van der Waals surface area contributed by atoms with Crippen molar-refractivity contribution in [2.45, 2.75) is 143 Å². The van der Waals surface area contributed by atoms with Crippen LogP contribution in [0.4, 0.5) is 0 Å². The summed E-state index contributed by atoms with van der Waals surface area (Å²) in [5.74, 6) is 0.0394. The zero-order valence-corrected chi connectivity index (χ0v) is 32.0. The van der Waals surface area contributed by atoms with Gasteiger partial charge in [0.15, 0.2) is 0 Å². The molecule has 0 bridgehead atoms. The number of aliphatic hydroxyl groups excluding tert-OH is 1. The predicted molar refractivity (Wildman–Crippen MR) is 207 cm³/mol. The third-order valence-electron chi connectivity index (χ3n) is 9.85. The molecule has 51 heavy (non-hydrogen) atoms. The van der Waals surface area contributed by atoms with E-state index in [9.17, 15) is 19.5 Å². The van der Waals surface area contributed by atoms with E-state index in [0.29, 0.717) is 24.2 Å². The Labute approximate surface area is 308 Å². The normalized spacial score (nSPS) is 27.1. The van der Waals surface area contributed by atoms with E-state index in [2.05, 4.69) is 99.8 Å². The third kappa shape index (κ3) is 18.0. The number of carbonyl (C=O) groups excluding carboxylic acids is 2. The minimum Gasteiger partial charge on any atom is -0.481 e. The van der Waals surface area contributed by atoms with Gasteiger partial charge in [-0.3, -0.25) is 14.4 Å². The molecule has 0 saturated carbocycles. The van der Waals surface area contributed by atoms with Crippen molar-refractivity contribution in [2.75, 3.05) is 0 Å². The van der Waals surface area contributed by atoms with Crippen LogP contribution >= 0.6 is 0 Å². The highest BCUT2D eigenvalue weighted by Gasteiger charge is 2.42. The zero-order valence-electron chi connectivity index (χ0n) is 32.0. The molecule has 0 amide bonds. The summed E-state index contributed by atoms with van der Waals surface area (Å²) in [6.45, 7) is 10.5. The van der Waals surface area contributed by atoms with Crippen LogP contribution in [0, 0.1) is 29.6 Å². The Morgan fingerprint density at radius 2 is 1.53 bits per heavy atom. The SMILES string of the molecule is CC/C=C\C/C=C\C/C=C\C/C=C\C/C=C\CCCC(=O)O.CC[C@H](C)C(=O)O[C@H]1C[C@@H](C)C=C2C=C[C@H](C)[C@H](CC[C@@H]3C[C@@H](O)CC(=O)O3)[C@H]21. The van der Waals surface area contributed by atoms with Gasteiger partial charge >= 0.3 is 17.9 Å². The maximum Gasteiger partial charge on any atom is 0.308 e. The summed E-state index contributed by atoms with van der Waals surface area (Å²) in [5, 5.41) is 18.4. The lowest BCUT2D eigenvalue weighted by atomic mass is 9.65. The van der Waals surface area contributed by atoms with Crippen molar-refractivity contribution in [1.29, 1.82) is 0 Å². The minimum absolute atomic E-state index is 0.0854. The number of unbranched alkanes of at least 4 members (excludes halogenated alkanes) is 1. The van der Waals surface area contributed by atoms with E-state index < -0.39 is 12.1 Å². The minimum atomic E-state index is -0.715. The van der Waals surface area contributed by atoms with Gasteiger partial charge in [-0.25, -0.2) is 0 Å². The van der Waals surface area contributed by atoms with Crippen molar-refractivity contribution >= 4 is 17.9 Å². The van der Waals surface area contributed by atoms with Gasteiger partial charge in [-0.15, -0.1) is 0 Å². The summed E-state index contributed by atoms with van der Waals surface area (Å²) in [5.41, 5.74) is 1.27. The molecule has 7 heteroatoms. The van der Waals surface area contributed by atoms with Crippen molar-refractivity contribution in [3.8, 4) is 0 Å². The quantitative estimate of drug-likeness (QED) is 0.0781. The molecule has 0 unspecified atom stereocenters. The van der Waals surface area contributed by atoms with E-state index in [0.717, 1.165) is 70.6 Å². The summed E-state index contributed by atoms with van der Waals surface area (Å²) in [6, 6.07) is 0. The van der Waals surface area contributed by atoms with Crippen molar-refractivity contribution in [1.82, 2.24) is 0 Å². The first kappa shape index (κ1) is 43.7. The number of hydrogen-bond donors (Lipinski definition) is 2. The van der Waals surface area contributed by atoms with Crippen LogP contribution in [0.15, 0.2) is 84.6 Å². The molecule has 0 aromatic rings. The lowest BCUT2D eigenvalue weighted by Gasteiger charge is -2.43. The highest BCUT2D eigenvalue weighted by molar-refractivity contribution is 5.72. The molecule has 3 aliphatic rings. The second-order valence-electron chi connectivity index (χ2n) is 14.3. The van der Waals surface area contributed by atoms with Crippen LogP contribution in [-0.4, -0.2) is 46.4 Å². The molecule has 0 aromatic carbocycles. The second-order valence-corrected chi connectivity index (χ2v) is 14.3. The summed E-state index contributed by atoms with van der Waals surface area (Å²) >= 11 is 0. The van der Waals surface area contributed by atoms with E-state index in [1.807, 2.05) is 13.8 Å². The fourth-order valence-electron chi connectivity index (χ4n) is 6.81. The second kappa shape index (κ2) is 25.5. The average Bonchev–Trinajstić information content (AvgIpc) is 3.08. The van der Waals surface area contributed by atoms with Gasteiger partial charge < -0.3 is 19.7 Å². The van der Waals surface area contributed by atoms with Crippen molar-refractivity contribution in [3.63, 3.8) is 0 Å². The molecular formula is C44H66O7. The van der Waals surface area contributed by atoms with E-state index >= 15 is 0 Å². The standard InChI is InChI=1S/C24H36O5.C20H30O2/c1-5-15(3)24(27)29-21-11-14(2)10-17-7-6-16(4)20(23(17)21)9-8-19-12-18(25)13-22(26)28-19;1-2-3-4-5-6-7-8-9-10-11-12-13-14-15-16-17-18-19-20(21)22/h6-7,10,14-16,18-21,23,25H,5,8-9,11-13H2,1-4H3;3-4,6-7,9-10,12-13,15-16H,2,5,8,11,14,17-19H2,1H3,(H,21,22)/b;4-3-,7-6-,10-9-,13-12-,16-15-/t14-,15-,16-,18+,19+,20-,21-,23-;/m0./s1. The molecule has 2 aliphatic carbocycles. The summed E-state index contributed by atoms with van der Waals surface area (Å²) in [7, 11) is 0. The highest BCUT2D eigenvalue weighted by Crippen LogP contribution is 2.45. The number of allylic oxidation sites excluding steroid dienone is 13. The Hall–Kier alpha value is -3.45. The Bertz CT molecular complexity index is 1250. The first-order valence-corrected chi connectivity index (χ1v) is 19.5. The first-order valence-electron chi connectivity index (χ1n) is 19.5. The van der Waals surface area contributed by atoms with Gasteiger partial charge in [-0.2, -0.15) is 0 Å². The van der Waals surface area contributed by atoms with Gasteiger partial charge in [0.2, 0.25) is 0 Å². The number of esters is 2. The molecular weight excluding hydrogens is 640 g/mol. The molecule has 1 saturated heterocycles. The Morgan fingerprint density at radius 3 is 2.10 bits per heavy atom. The van der Waals surface area contributed by atoms with Gasteiger partial charge in [0.05, 0.1) is 18.4 Å². The van der Waals surface area contributed by atoms with Crippen LogP contribution in [0.5, 0.6) is 0 Å². The topological polar surface area (TPSA) is 110 Å². The van der Waals surface area contributed by atoms with E-state index in [-0.39, 0.29) is 48.8 Å². The molecule has 1 heterocycles. The van der Waals surface area contributed by atoms with Crippen LogP contribution in [0.25, 0.3) is 0 Å². The van der Waals surface area contributed by atoms with Crippen LogP contribution < -0.4 is 0 Å². The Balaban J connectivity index is 0.000000370. The number of rotatable bonds is 19. The summed E-state index contributed by atoms with van der Waals surface area (Å²) < 4.78 is 11.5. The maximum atomic E-state index is 12.5. The van der Waals surface area contributed by atoms with E-state index in [4.69, 9.17) is 14.6 Å². The Morgan fingerprint density at radius 1 is 0.922 bits per heavy atom. The number of carboxylic acids is 1. The molecule has 1 fully saturated rings. The molecule has 8 atom stereocenters. The molecule has 284 valence electrons. The number of ether oxygens (including phenoxy) is 2. The molecule has 3 rings (SSSR count). The molecule has 0 spiro atoms. The Kier molecular flexibility index (Phi) is 21.9. The van der Waals surface area contributed by atoms with Crippen molar-refractivity contribution in [2.24, 2.45) is 29.6 Å². The largest absolute Gasteiger partial charge is 0.481 e. The van der Waals surface area contributed by atoms with Gasteiger partial charge in [-0.05, 0) is 94.0 Å². The lowest BCUT2D eigenvalue weighted by Crippen LogP contribution is -2.42. The molecule has 7 nitrogen and oxygen atoms in total. The number of fused-ring (bicyclic) bond motifs is 1. The zero-order chi connectivity index (χ0) is 37.4. The fraction of sp³-hybridized carbons (Fsp3) is 0.614. The average molecular weight is 707 g/mol. The smallest absolute Gasteiger partial charge is 0.308 e. The molecule has 0 radical (unpaired) electrons. The number of hydrogen-bond acceptors (Lipinski definition) is 6. The predicted octanol–water partition coefficient (Wildman–Crippen LogP) is 10.2. The lowest BCUT2D eigenvalue weighted by molar-refractivity contribution is -0.162. The summed E-state index contributed by atoms with van der Waals surface area (Å²) in [6.07, 6.45) is 38.1. The van der Waals surface area contributed by atoms with Gasteiger partial charge in [0.1, 0.15) is 12.2 Å². The van der Waals surface area contributed by atoms with Crippen LogP contribution in [0.2, 0.25) is 0 Å². The molecule has 2 N–H and O–H groups in total. The van der Waals surface area contributed by atoms with Crippen LogP contribution in [-0.2, 0) is 23.9 Å². The number of carboxylic acid groups (broad SMARTS) is 1. The van der Waals surface area contributed by atoms with Gasteiger partial charge in [0.25, 0.3) is 0 Å². The maximum absolute atomic E-state index is 12.5. The van der Waals surface area contributed by atoms with Crippen molar-refractivity contribution < 1.29 is 34.1 Å². The highest BCUT2D eigenvalue weighted by atomic mass is 16.6. The van der Waals surface area contributed by atoms with Crippen LogP contribution in [0.1, 0.15) is 125 Å². The number of aliphatic carboxylic acids is 1. The number of aliphatic hydroxyl groups is 1. The molecule has 1 aliphatic heterocycles.